The quantitative estimate of drug-likeness (QED) is 0.784. The van der Waals surface area contributed by atoms with Crippen molar-refractivity contribution >= 4 is 5.97 Å². The molecule has 0 aromatic heterocycles. The first-order valence-corrected chi connectivity index (χ1v) is 6.65. The van der Waals surface area contributed by atoms with Crippen molar-refractivity contribution in [1.82, 2.24) is 0 Å². The SMILES string of the molecule is CC(=O)O.CCOC(C)(OCC)C(N)c1ccccc1. The highest BCUT2D eigenvalue weighted by molar-refractivity contribution is 5.62. The zero-order valence-electron chi connectivity index (χ0n) is 12.6. The zero-order chi connectivity index (χ0) is 15.6. The standard InChI is InChI=1S/C13H21NO2.C2H4O2/c1-4-15-13(3,16-5-2)12(14)11-9-7-6-8-10-11;1-2(3)4/h6-10,12H,4-5,14H2,1-3H3;1H3,(H,3,4). The fraction of sp³-hybridized carbons (Fsp3) is 0.533. The number of nitrogens with two attached hydrogens (primary N) is 1. The second kappa shape index (κ2) is 9.47. The lowest BCUT2D eigenvalue weighted by molar-refractivity contribution is -0.234. The van der Waals surface area contributed by atoms with Gasteiger partial charge in [0.05, 0.1) is 6.04 Å². The van der Waals surface area contributed by atoms with E-state index in [9.17, 15) is 0 Å². The molecule has 1 rings (SSSR count). The van der Waals surface area contributed by atoms with Gasteiger partial charge < -0.3 is 20.3 Å². The van der Waals surface area contributed by atoms with Gasteiger partial charge in [0.25, 0.3) is 5.97 Å². The van der Waals surface area contributed by atoms with E-state index >= 15 is 0 Å². The molecule has 1 atom stereocenters. The highest BCUT2D eigenvalue weighted by atomic mass is 16.7. The molecule has 0 bridgehead atoms. The fourth-order valence-electron chi connectivity index (χ4n) is 1.76. The smallest absolute Gasteiger partial charge is 0.300 e. The topological polar surface area (TPSA) is 81.8 Å². The molecule has 1 aromatic carbocycles. The third-order valence-corrected chi connectivity index (χ3v) is 2.59. The summed E-state index contributed by atoms with van der Waals surface area (Å²) in [5.41, 5.74) is 7.22. The minimum atomic E-state index is -0.833. The molecule has 5 nitrogen and oxygen atoms in total. The molecular weight excluding hydrogens is 258 g/mol. The van der Waals surface area contributed by atoms with Crippen molar-refractivity contribution in [3.8, 4) is 0 Å². The molecular formula is C15H25NO4. The summed E-state index contributed by atoms with van der Waals surface area (Å²) in [6, 6.07) is 9.59. The molecule has 0 aliphatic carbocycles. The third-order valence-electron chi connectivity index (χ3n) is 2.59. The first-order valence-electron chi connectivity index (χ1n) is 6.65. The first kappa shape index (κ1) is 18.6. The maximum Gasteiger partial charge on any atom is 0.300 e. The lowest BCUT2D eigenvalue weighted by Crippen LogP contribution is -2.43. The largest absolute Gasteiger partial charge is 0.481 e. The molecule has 0 aliphatic rings. The summed E-state index contributed by atoms with van der Waals surface area (Å²) < 4.78 is 11.3. The van der Waals surface area contributed by atoms with Crippen molar-refractivity contribution in [2.24, 2.45) is 5.73 Å². The van der Waals surface area contributed by atoms with Gasteiger partial charge in [-0.05, 0) is 26.3 Å². The average molecular weight is 283 g/mol. The number of carboxylic acid groups (broad SMARTS) is 1. The Morgan fingerprint density at radius 1 is 1.25 bits per heavy atom. The highest BCUT2D eigenvalue weighted by Crippen LogP contribution is 2.28. The molecule has 0 saturated heterocycles. The molecule has 0 spiro atoms. The molecule has 3 N–H and O–H groups in total. The molecule has 5 heteroatoms. The van der Waals surface area contributed by atoms with E-state index in [4.69, 9.17) is 25.1 Å². The number of aliphatic carboxylic acids is 1. The van der Waals surface area contributed by atoms with Crippen LogP contribution in [0, 0.1) is 0 Å². The predicted molar refractivity (Wildman–Crippen MR) is 78.3 cm³/mol. The second-order valence-corrected chi connectivity index (χ2v) is 4.29. The van der Waals surface area contributed by atoms with Crippen LogP contribution in [-0.4, -0.2) is 30.1 Å². The number of benzene rings is 1. The van der Waals surface area contributed by atoms with E-state index in [1.807, 2.05) is 51.1 Å². The summed E-state index contributed by atoms with van der Waals surface area (Å²) >= 11 is 0. The fourth-order valence-corrected chi connectivity index (χ4v) is 1.76. The number of hydrogen-bond acceptors (Lipinski definition) is 4. The Balaban J connectivity index is 0.000000796. The Morgan fingerprint density at radius 2 is 1.65 bits per heavy atom. The van der Waals surface area contributed by atoms with Crippen LogP contribution in [0.5, 0.6) is 0 Å². The van der Waals surface area contributed by atoms with Gasteiger partial charge in [-0.15, -0.1) is 0 Å². The predicted octanol–water partition coefficient (Wildman–Crippen LogP) is 2.57. The average Bonchev–Trinajstić information content (AvgIpc) is 2.39. The number of carboxylic acids is 1. The molecule has 0 amide bonds. The summed E-state index contributed by atoms with van der Waals surface area (Å²) in [5, 5.41) is 7.42. The summed E-state index contributed by atoms with van der Waals surface area (Å²) in [7, 11) is 0. The third kappa shape index (κ3) is 6.65. The molecule has 1 unspecified atom stereocenters. The van der Waals surface area contributed by atoms with Crippen molar-refractivity contribution < 1.29 is 19.4 Å². The van der Waals surface area contributed by atoms with Crippen LogP contribution in [0.2, 0.25) is 0 Å². The van der Waals surface area contributed by atoms with Gasteiger partial charge in [-0.3, -0.25) is 4.79 Å². The van der Waals surface area contributed by atoms with Gasteiger partial charge in [0.15, 0.2) is 5.79 Å². The van der Waals surface area contributed by atoms with Gasteiger partial charge in [0, 0.05) is 20.1 Å². The van der Waals surface area contributed by atoms with Crippen LogP contribution in [-0.2, 0) is 14.3 Å². The number of hydrogen-bond donors (Lipinski definition) is 2. The Hall–Kier alpha value is -1.43. The Morgan fingerprint density at radius 3 is 2.00 bits per heavy atom. The lowest BCUT2D eigenvalue weighted by atomic mass is 10.0. The lowest BCUT2D eigenvalue weighted by Gasteiger charge is -2.34. The monoisotopic (exact) mass is 283 g/mol. The highest BCUT2D eigenvalue weighted by Gasteiger charge is 2.34. The van der Waals surface area contributed by atoms with Gasteiger partial charge in [0.2, 0.25) is 0 Å². The van der Waals surface area contributed by atoms with Crippen LogP contribution >= 0.6 is 0 Å². The van der Waals surface area contributed by atoms with Gasteiger partial charge >= 0.3 is 0 Å². The zero-order valence-corrected chi connectivity index (χ0v) is 12.6. The minimum absolute atomic E-state index is 0.284. The van der Waals surface area contributed by atoms with Crippen LogP contribution in [0.3, 0.4) is 0 Å². The summed E-state index contributed by atoms with van der Waals surface area (Å²) in [4.78, 5) is 9.00. The molecule has 1 aromatic rings. The van der Waals surface area contributed by atoms with E-state index < -0.39 is 11.8 Å². The minimum Gasteiger partial charge on any atom is -0.481 e. The molecule has 0 saturated carbocycles. The van der Waals surface area contributed by atoms with Gasteiger partial charge in [-0.1, -0.05) is 30.3 Å². The van der Waals surface area contributed by atoms with Crippen molar-refractivity contribution in [1.29, 1.82) is 0 Å². The van der Waals surface area contributed by atoms with Crippen LogP contribution in [0.1, 0.15) is 39.3 Å². The summed E-state index contributed by atoms with van der Waals surface area (Å²) in [6.07, 6.45) is 0. The van der Waals surface area contributed by atoms with Crippen LogP contribution in [0.15, 0.2) is 30.3 Å². The van der Waals surface area contributed by atoms with Crippen molar-refractivity contribution in [3.05, 3.63) is 35.9 Å². The number of ether oxygens (including phenoxy) is 2. The molecule has 0 aliphatic heterocycles. The Kier molecular flexibility index (Phi) is 8.79. The van der Waals surface area contributed by atoms with E-state index in [2.05, 4.69) is 0 Å². The van der Waals surface area contributed by atoms with Gasteiger partial charge in [-0.25, -0.2) is 0 Å². The van der Waals surface area contributed by atoms with E-state index in [1.54, 1.807) is 0 Å². The first-order chi connectivity index (χ1) is 9.37. The maximum absolute atomic E-state index is 9.00. The molecule has 0 radical (unpaired) electrons. The maximum atomic E-state index is 9.00. The van der Waals surface area contributed by atoms with E-state index in [-0.39, 0.29) is 6.04 Å². The van der Waals surface area contributed by atoms with E-state index in [1.165, 1.54) is 0 Å². The van der Waals surface area contributed by atoms with E-state index in [0.717, 1.165) is 12.5 Å². The van der Waals surface area contributed by atoms with E-state index in [0.29, 0.717) is 13.2 Å². The normalized spacial score (nSPS) is 12.2. The molecule has 0 fully saturated rings. The number of carbonyl (C=O) groups is 1. The molecule has 20 heavy (non-hydrogen) atoms. The second-order valence-electron chi connectivity index (χ2n) is 4.29. The van der Waals surface area contributed by atoms with Crippen LogP contribution in [0.25, 0.3) is 0 Å². The van der Waals surface area contributed by atoms with Gasteiger partial charge in [-0.2, -0.15) is 0 Å². The Labute approximate surface area is 120 Å². The Bertz CT molecular complexity index is 371. The van der Waals surface area contributed by atoms with Crippen LogP contribution < -0.4 is 5.73 Å². The van der Waals surface area contributed by atoms with Crippen molar-refractivity contribution in [2.45, 2.75) is 39.5 Å². The van der Waals surface area contributed by atoms with Crippen molar-refractivity contribution in [2.75, 3.05) is 13.2 Å². The van der Waals surface area contributed by atoms with Crippen molar-refractivity contribution in [3.63, 3.8) is 0 Å². The molecule has 114 valence electrons. The number of rotatable bonds is 6. The summed E-state index contributed by atoms with van der Waals surface area (Å²) in [6.45, 7) is 8.01. The summed E-state index contributed by atoms with van der Waals surface area (Å²) in [5.74, 6) is -1.59. The van der Waals surface area contributed by atoms with Crippen LogP contribution in [0.4, 0.5) is 0 Å². The van der Waals surface area contributed by atoms with Gasteiger partial charge in [0.1, 0.15) is 0 Å². The molecule has 0 heterocycles.